The minimum atomic E-state index is 0.314. The first-order valence-electron chi connectivity index (χ1n) is 20.3. The molecule has 2 heterocycles. The predicted octanol–water partition coefficient (Wildman–Crippen LogP) is 11.2. The maximum Gasteiger partial charge on any atom is 0.0591 e. The highest BCUT2D eigenvalue weighted by atomic mass is 32.2. The van der Waals surface area contributed by atoms with E-state index in [1.165, 1.54) is 78.1 Å². The largest absolute Gasteiger partial charge is 0.336 e. The Morgan fingerprint density at radius 1 is 0.660 bits per heavy atom. The number of hydrogen-bond donors (Lipinski definition) is 0. The molecule has 9 aliphatic carbocycles. The van der Waals surface area contributed by atoms with Gasteiger partial charge in [-0.3, -0.25) is 0 Å². The number of fused-ring (bicyclic) bond motifs is 7. The summed E-state index contributed by atoms with van der Waals surface area (Å²) < 4.78 is 1.52. The van der Waals surface area contributed by atoms with E-state index in [0.717, 1.165) is 44.9 Å². The summed E-state index contributed by atoms with van der Waals surface area (Å²) in [5, 5.41) is 2.07. The first kappa shape index (κ1) is 32.4. The molecule has 6 unspecified atom stereocenters. The Kier molecular flexibility index (Phi) is 8.16. The van der Waals surface area contributed by atoms with Crippen LogP contribution in [0.25, 0.3) is 17.3 Å². The highest BCUT2D eigenvalue weighted by Gasteiger charge is 2.37. The molecular weight excluding hydrogens is 679 g/mol. The fourth-order valence-electron chi connectivity index (χ4n) is 10.5. The van der Waals surface area contributed by atoms with Gasteiger partial charge in [-0.15, -0.1) is 23.1 Å². The van der Waals surface area contributed by atoms with E-state index in [0.29, 0.717) is 35.0 Å². The molecule has 1 aromatic heterocycles. The molecule has 1 aliphatic heterocycles. The maximum atomic E-state index is 2.82. The van der Waals surface area contributed by atoms with Crippen molar-refractivity contribution in [2.45, 2.75) is 75.5 Å². The summed E-state index contributed by atoms with van der Waals surface area (Å²) in [5.41, 5.74) is 13.4. The second-order valence-corrected chi connectivity index (χ2v) is 18.4. The fraction of sp³-hybridized carbons (Fsp3) is 0.320. The van der Waals surface area contributed by atoms with Gasteiger partial charge in [-0.05, 0) is 115 Å². The summed E-state index contributed by atoms with van der Waals surface area (Å²) in [7, 11) is 0. The lowest BCUT2D eigenvalue weighted by atomic mass is 9.77. The smallest absolute Gasteiger partial charge is 0.0591 e. The molecule has 0 fully saturated rings. The average molecular weight is 726 g/mol. The summed E-state index contributed by atoms with van der Waals surface area (Å²) in [4.78, 5) is 5.87. The van der Waals surface area contributed by atoms with E-state index in [4.69, 9.17) is 0 Å². The van der Waals surface area contributed by atoms with Gasteiger partial charge in [-0.25, -0.2) is 0 Å². The van der Waals surface area contributed by atoms with Crippen LogP contribution in [0.1, 0.15) is 68.2 Å². The van der Waals surface area contributed by atoms with Gasteiger partial charge in [0.1, 0.15) is 0 Å². The molecule has 0 amide bonds. The number of allylic oxidation sites excluding steroid dienone is 23. The van der Waals surface area contributed by atoms with Gasteiger partial charge >= 0.3 is 0 Å². The van der Waals surface area contributed by atoms with Crippen molar-refractivity contribution in [2.75, 3.05) is 0 Å². The van der Waals surface area contributed by atoms with Crippen LogP contribution in [0, 0.1) is 23.7 Å². The van der Waals surface area contributed by atoms with Crippen molar-refractivity contribution in [3.05, 3.63) is 180 Å². The van der Waals surface area contributed by atoms with Crippen LogP contribution in [0.15, 0.2) is 160 Å². The molecule has 0 saturated carbocycles. The van der Waals surface area contributed by atoms with E-state index in [1.807, 2.05) is 0 Å². The molecule has 10 aliphatic rings. The average Bonchev–Trinajstić information content (AvgIpc) is 3.80. The Balaban J connectivity index is 0.958. The predicted molar refractivity (Wildman–Crippen MR) is 227 cm³/mol. The third-order valence-corrected chi connectivity index (χ3v) is 15.8. The molecule has 264 valence electrons. The van der Waals surface area contributed by atoms with Gasteiger partial charge in [0.15, 0.2) is 0 Å². The Hall–Kier alpha value is -4.05. The Labute approximate surface area is 323 Å². The van der Waals surface area contributed by atoms with Crippen molar-refractivity contribution in [2.24, 2.45) is 23.7 Å². The highest BCUT2D eigenvalue weighted by molar-refractivity contribution is 8.04. The molecule has 6 atom stereocenters. The van der Waals surface area contributed by atoms with Gasteiger partial charge in [0.25, 0.3) is 0 Å². The first-order chi connectivity index (χ1) is 26.3. The van der Waals surface area contributed by atoms with Crippen molar-refractivity contribution < 1.29 is 0 Å². The van der Waals surface area contributed by atoms with Gasteiger partial charge in [0.2, 0.25) is 0 Å². The summed E-state index contributed by atoms with van der Waals surface area (Å²) in [6.45, 7) is 0. The summed E-state index contributed by atoms with van der Waals surface area (Å²) in [5.74, 6) is 1.83. The summed E-state index contributed by atoms with van der Waals surface area (Å²) >= 11 is 4.16. The molecular formula is C50H47NS2. The molecule has 0 radical (unpaired) electrons. The van der Waals surface area contributed by atoms with Gasteiger partial charge in [0.05, 0.1) is 10.6 Å². The van der Waals surface area contributed by atoms with E-state index in [9.17, 15) is 0 Å². The van der Waals surface area contributed by atoms with E-state index in [2.05, 4.69) is 156 Å². The quantitative estimate of drug-likeness (QED) is 0.297. The van der Waals surface area contributed by atoms with Crippen LogP contribution in [-0.4, -0.2) is 16.2 Å². The van der Waals surface area contributed by atoms with Crippen LogP contribution in [0.5, 0.6) is 0 Å². The summed E-state index contributed by atoms with van der Waals surface area (Å²) in [6, 6.07) is 0.314. The zero-order valence-electron chi connectivity index (χ0n) is 30.4. The number of thiophene rings is 1. The third-order valence-electron chi connectivity index (χ3n) is 13.1. The SMILES string of the molecule is C1=CC(N(C2=CC3C=CC(C4=CC5SC6=C(CCC=C6)C5C=C4)=CC3C=C2)C2=c3sc4c(c3=CCC2)CCC=C4C2=CCCC=C2)C2CCC=CC2=C1. The van der Waals surface area contributed by atoms with Crippen molar-refractivity contribution in [1.82, 2.24) is 4.90 Å². The first-order valence-corrected chi connectivity index (χ1v) is 22.0. The highest BCUT2D eigenvalue weighted by Crippen LogP contribution is 2.50. The number of nitrogens with zero attached hydrogens (tertiary/aromatic N) is 1. The summed E-state index contributed by atoms with van der Waals surface area (Å²) in [6.07, 6.45) is 63.2. The van der Waals surface area contributed by atoms with Crippen molar-refractivity contribution in [3.63, 3.8) is 0 Å². The standard InChI is InChI=1S/C50H47NS2/c1-2-11-33(12-3-1)40-17-9-18-43-44-19-10-21-46(50(44)53-49(40)43)51(45-20-8-14-32-13-4-5-15-39(32)45)38-27-25-35-29-34(23-24-36(35)30-38)37-26-28-42-41-16-6-7-22-47(41)52-48(42)31-37/h2,4,7-8,11-14,17,19-20,22-31,35-36,39,42,45,48H,1,3,5-6,9-10,15-16,18,21H2. The van der Waals surface area contributed by atoms with Gasteiger partial charge < -0.3 is 4.90 Å². The fourth-order valence-corrected chi connectivity index (χ4v) is 13.5. The molecule has 0 N–H and O–H groups in total. The zero-order valence-corrected chi connectivity index (χ0v) is 32.1. The van der Waals surface area contributed by atoms with Gasteiger partial charge in [-0.1, -0.05) is 122 Å². The second-order valence-electron chi connectivity index (χ2n) is 16.1. The van der Waals surface area contributed by atoms with Crippen LogP contribution < -0.4 is 9.75 Å². The third kappa shape index (κ3) is 5.56. The van der Waals surface area contributed by atoms with Crippen LogP contribution in [-0.2, 0) is 6.42 Å². The van der Waals surface area contributed by atoms with E-state index in [-0.39, 0.29) is 0 Å². The molecule has 0 aromatic carbocycles. The Morgan fingerprint density at radius 3 is 2.49 bits per heavy atom. The molecule has 0 spiro atoms. The lowest BCUT2D eigenvalue weighted by Gasteiger charge is -2.43. The topological polar surface area (TPSA) is 3.24 Å². The van der Waals surface area contributed by atoms with Crippen molar-refractivity contribution in [1.29, 1.82) is 0 Å². The minimum Gasteiger partial charge on any atom is -0.336 e. The van der Waals surface area contributed by atoms with E-state index >= 15 is 0 Å². The van der Waals surface area contributed by atoms with Crippen LogP contribution in [0.3, 0.4) is 0 Å². The normalized spacial score (nSPS) is 31.5. The molecule has 0 bridgehead atoms. The lowest BCUT2D eigenvalue weighted by Crippen LogP contribution is -2.44. The Morgan fingerprint density at radius 2 is 1.53 bits per heavy atom. The van der Waals surface area contributed by atoms with Gasteiger partial charge in [0, 0.05) is 50.1 Å². The Bertz CT molecular complexity index is 2360. The van der Waals surface area contributed by atoms with Crippen LogP contribution >= 0.6 is 23.1 Å². The molecule has 1 nitrogen and oxygen atoms in total. The number of rotatable bonds is 5. The molecule has 0 saturated heterocycles. The monoisotopic (exact) mass is 725 g/mol. The number of thioether (sulfide) groups is 1. The van der Waals surface area contributed by atoms with E-state index < -0.39 is 0 Å². The molecule has 11 rings (SSSR count). The van der Waals surface area contributed by atoms with E-state index in [1.54, 1.807) is 11.1 Å². The van der Waals surface area contributed by atoms with Crippen molar-refractivity contribution in [3.8, 4) is 0 Å². The minimum absolute atomic E-state index is 0.314. The molecule has 1 aromatic rings. The maximum absolute atomic E-state index is 2.82. The molecule has 53 heavy (non-hydrogen) atoms. The van der Waals surface area contributed by atoms with Crippen molar-refractivity contribution >= 4 is 40.4 Å². The van der Waals surface area contributed by atoms with Gasteiger partial charge in [-0.2, -0.15) is 0 Å². The zero-order chi connectivity index (χ0) is 34.9. The van der Waals surface area contributed by atoms with Crippen LogP contribution in [0.2, 0.25) is 0 Å². The number of hydrogen-bond acceptors (Lipinski definition) is 3. The molecule has 3 heteroatoms. The second kappa shape index (κ2) is 13.4. The van der Waals surface area contributed by atoms with Crippen LogP contribution in [0.4, 0.5) is 0 Å². The lowest BCUT2D eigenvalue weighted by molar-refractivity contribution is 0.310.